The number of benzene rings is 1. The van der Waals surface area contributed by atoms with Crippen LogP contribution in [0.1, 0.15) is 22.5 Å². The molecule has 0 saturated heterocycles. The highest BCUT2D eigenvalue weighted by molar-refractivity contribution is 7.98. The summed E-state index contributed by atoms with van der Waals surface area (Å²) in [6, 6.07) is 10.6. The van der Waals surface area contributed by atoms with Gasteiger partial charge in [0.1, 0.15) is 17.1 Å². The SMILES string of the molecule is Cc1ccc(C)c(CSc2nncn3c2cc2oc(C)cc23)c1. The molecule has 0 unspecified atom stereocenters. The van der Waals surface area contributed by atoms with Gasteiger partial charge in [-0.1, -0.05) is 35.5 Å². The van der Waals surface area contributed by atoms with Gasteiger partial charge in [-0.05, 0) is 31.9 Å². The average Bonchev–Trinajstić information content (AvgIpc) is 3.04. The van der Waals surface area contributed by atoms with Crippen LogP contribution in [0, 0.1) is 20.8 Å². The molecule has 0 aliphatic rings. The summed E-state index contributed by atoms with van der Waals surface area (Å²) >= 11 is 1.71. The van der Waals surface area contributed by atoms with Gasteiger partial charge in [-0.3, -0.25) is 4.40 Å². The summed E-state index contributed by atoms with van der Waals surface area (Å²) < 4.78 is 7.77. The smallest absolute Gasteiger partial charge is 0.153 e. The summed E-state index contributed by atoms with van der Waals surface area (Å²) in [6.45, 7) is 6.23. The molecular formula is C18H17N3OS. The summed E-state index contributed by atoms with van der Waals surface area (Å²) in [7, 11) is 0. The van der Waals surface area contributed by atoms with Crippen LogP contribution in [0.4, 0.5) is 0 Å². The van der Waals surface area contributed by atoms with Crippen molar-refractivity contribution in [2.75, 3.05) is 0 Å². The van der Waals surface area contributed by atoms with Crippen LogP contribution in [-0.4, -0.2) is 14.6 Å². The first-order valence-electron chi connectivity index (χ1n) is 7.53. The molecule has 1 aromatic carbocycles. The van der Waals surface area contributed by atoms with Crippen LogP contribution in [0.25, 0.3) is 16.6 Å². The molecule has 0 spiro atoms. The van der Waals surface area contributed by atoms with E-state index in [-0.39, 0.29) is 0 Å². The number of hydrogen-bond acceptors (Lipinski definition) is 4. The number of aryl methyl sites for hydroxylation is 3. The molecule has 0 radical (unpaired) electrons. The fourth-order valence-electron chi connectivity index (χ4n) is 2.81. The second-order valence-electron chi connectivity index (χ2n) is 5.86. The Kier molecular flexibility index (Phi) is 3.38. The van der Waals surface area contributed by atoms with Crippen LogP contribution in [0.5, 0.6) is 0 Å². The second kappa shape index (κ2) is 5.42. The molecule has 116 valence electrons. The van der Waals surface area contributed by atoms with Crippen molar-refractivity contribution in [1.82, 2.24) is 14.6 Å². The van der Waals surface area contributed by atoms with Crippen molar-refractivity contribution in [2.45, 2.75) is 31.6 Å². The van der Waals surface area contributed by atoms with Gasteiger partial charge < -0.3 is 4.42 Å². The maximum absolute atomic E-state index is 5.72. The predicted octanol–water partition coefficient (Wildman–Crippen LogP) is 4.69. The molecule has 0 N–H and O–H groups in total. The molecule has 0 amide bonds. The minimum absolute atomic E-state index is 0.880. The zero-order valence-electron chi connectivity index (χ0n) is 13.3. The Morgan fingerprint density at radius 3 is 2.83 bits per heavy atom. The Morgan fingerprint density at radius 2 is 1.96 bits per heavy atom. The van der Waals surface area contributed by atoms with Crippen LogP contribution >= 0.6 is 11.8 Å². The van der Waals surface area contributed by atoms with Crippen LogP contribution in [0.15, 0.2) is 46.1 Å². The maximum Gasteiger partial charge on any atom is 0.153 e. The average molecular weight is 323 g/mol. The first-order valence-corrected chi connectivity index (χ1v) is 8.52. The Bertz CT molecular complexity index is 1020. The number of rotatable bonds is 3. The maximum atomic E-state index is 5.72. The number of thioether (sulfide) groups is 1. The van der Waals surface area contributed by atoms with E-state index in [1.54, 1.807) is 18.1 Å². The Labute approximate surface area is 138 Å². The van der Waals surface area contributed by atoms with E-state index in [1.165, 1.54) is 16.7 Å². The first-order chi connectivity index (χ1) is 11.1. The molecule has 4 aromatic rings. The molecule has 0 aliphatic carbocycles. The van der Waals surface area contributed by atoms with Crippen molar-refractivity contribution >= 4 is 28.4 Å². The fraction of sp³-hybridized carbons (Fsp3) is 0.222. The van der Waals surface area contributed by atoms with Crippen LogP contribution in [0.2, 0.25) is 0 Å². The lowest BCUT2D eigenvalue weighted by molar-refractivity contribution is 0.579. The van der Waals surface area contributed by atoms with Crippen molar-refractivity contribution in [3.63, 3.8) is 0 Å². The van der Waals surface area contributed by atoms with E-state index in [0.29, 0.717) is 0 Å². The highest BCUT2D eigenvalue weighted by Crippen LogP contribution is 2.30. The second-order valence-corrected chi connectivity index (χ2v) is 6.82. The standard InChI is InChI=1S/C18H17N3OS/c1-11-4-5-12(2)14(6-11)9-23-18-16-8-17-15(7-13(3)22-17)21(16)10-19-20-18/h4-8,10H,9H2,1-3H3. The van der Waals surface area contributed by atoms with Gasteiger partial charge in [0.25, 0.3) is 0 Å². The van der Waals surface area contributed by atoms with Crippen molar-refractivity contribution in [3.05, 3.63) is 59.1 Å². The number of aromatic nitrogens is 3. The van der Waals surface area contributed by atoms with Gasteiger partial charge in [-0.25, -0.2) is 0 Å². The van der Waals surface area contributed by atoms with Crippen LogP contribution < -0.4 is 0 Å². The Hall–Kier alpha value is -2.27. The molecule has 0 aliphatic heterocycles. The van der Waals surface area contributed by atoms with E-state index in [9.17, 15) is 0 Å². The number of nitrogens with zero attached hydrogens (tertiary/aromatic N) is 3. The monoisotopic (exact) mass is 323 g/mol. The lowest BCUT2D eigenvalue weighted by Gasteiger charge is -2.07. The number of furan rings is 1. The lowest BCUT2D eigenvalue weighted by atomic mass is 10.1. The largest absolute Gasteiger partial charge is 0.460 e. The molecule has 0 bridgehead atoms. The molecule has 0 atom stereocenters. The van der Waals surface area contributed by atoms with E-state index < -0.39 is 0 Å². The summed E-state index contributed by atoms with van der Waals surface area (Å²) in [5.41, 5.74) is 6.90. The van der Waals surface area contributed by atoms with Gasteiger partial charge in [0, 0.05) is 17.9 Å². The quantitative estimate of drug-likeness (QED) is 0.513. The Morgan fingerprint density at radius 1 is 1.09 bits per heavy atom. The molecule has 5 heteroatoms. The summed E-state index contributed by atoms with van der Waals surface area (Å²) in [4.78, 5) is 0. The van der Waals surface area contributed by atoms with E-state index in [2.05, 4.69) is 42.2 Å². The molecule has 3 heterocycles. The van der Waals surface area contributed by atoms with Gasteiger partial charge in [0.2, 0.25) is 0 Å². The summed E-state index contributed by atoms with van der Waals surface area (Å²) in [5, 5.41) is 9.40. The topological polar surface area (TPSA) is 43.3 Å². The molecular weight excluding hydrogens is 306 g/mol. The normalized spacial score (nSPS) is 11.6. The number of fused-ring (bicyclic) bond motifs is 3. The van der Waals surface area contributed by atoms with Gasteiger partial charge in [-0.15, -0.1) is 10.2 Å². The van der Waals surface area contributed by atoms with Crippen molar-refractivity contribution in [2.24, 2.45) is 0 Å². The predicted molar refractivity (Wildman–Crippen MR) is 93.0 cm³/mol. The fourth-order valence-corrected chi connectivity index (χ4v) is 3.82. The van der Waals surface area contributed by atoms with E-state index in [4.69, 9.17) is 4.42 Å². The van der Waals surface area contributed by atoms with Crippen molar-refractivity contribution in [1.29, 1.82) is 0 Å². The van der Waals surface area contributed by atoms with Gasteiger partial charge in [0.05, 0.1) is 11.0 Å². The van der Waals surface area contributed by atoms with Gasteiger partial charge in [-0.2, -0.15) is 0 Å². The third kappa shape index (κ3) is 2.51. The minimum atomic E-state index is 0.880. The van der Waals surface area contributed by atoms with Crippen LogP contribution in [0.3, 0.4) is 0 Å². The van der Waals surface area contributed by atoms with E-state index >= 15 is 0 Å². The third-order valence-corrected chi connectivity index (χ3v) is 5.07. The van der Waals surface area contributed by atoms with E-state index in [1.807, 2.05) is 23.5 Å². The van der Waals surface area contributed by atoms with Crippen molar-refractivity contribution in [3.8, 4) is 0 Å². The molecule has 4 nitrogen and oxygen atoms in total. The van der Waals surface area contributed by atoms with E-state index in [0.717, 1.165) is 33.2 Å². The third-order valence-electron chi connectivity index (χ3n) is 4.05. The number of hydrogen-bond donors (Lipinski definition) is 0. The zero-order valence-corrected chi connectivity index (χ0v) is 14.1. The molecule has 0 fully saturated rings. The first kappa shape index (κ1) is 14.3. The van der Waals surface area contributed by atoms with Crippen molar-refractivity contribution < 1.29 is 4.42 Å². The summed E-state index contributed by atoms with van der Waals surface area (Å²) in [5.74, 6) is 1.79. The zero-order chi connectivity index (χ0) is 16.0. The highest BCUT2D eigenvalue weighted by Gasteiger charge is 2.13. The molecule has 4 rings (SSSR count). The Balaban J connectivity index is 1.71. The van der Waals surface area contributed by atoms with Crippen LogP contribution in [-0.2, 0) is 5.75 Å². The van der Waals surface area contributed by atoms with Gasteiger partial charge in [0.15, 0.2) is 5.58 Å². The molecule has 3 aromatic heterocycles. The highest BCUT2D eigenvalue weighted by atomic mass is 32.2. The summed E-state index contributed by atoms with van der Waals surface area (Å²) in [6.07, 6.45) is 1.74. The van der Waals surface area contributed by atoms with Gasteiger partial charge >= 0.3 is 0 Å². The minimum Gasteiger partial charge on any atom is -0.460 e. The molecule has 0 saturated carbocycles. The molecule has 23 heavy (non-hydrogen) atoms. The lowest BCUT2D eigenvalue weighted by Crippen LogP contribution is -1.94.